The first-order valence-electron chi connectivity index (χ1n) is 5.85. The third-order valence-corrected chi connectivity index (χ3v) is 3.79. The van der Waals surface area contributed by atoms with E-state index in [0.29, 0.717) is 30.7 Å². The van der Waals surface area contributed by atoms with Gasteiger partial charge in [0.2, 0.25) is 0 Å². The molecule has 0 N–H and O–H groups in total. The second-order valence-corrected chi connectivity index (χ2v) is 5.62. The lowest BCUT2D eigenvalue weighted by Gasteiger charge is -2.44. The van der Waals surface area contributed by atoms with Gasteiger partial charge in [-0.1, -0.05) is 15.9 Å². The summed E-state index contributed by atoms with van der Waals surface area (Å²) in [6.45, 7) is 5.29. The molecule has 100 valence electrons. The van der Waals surface area contributed by atoms with Crippen LogP contribution in [-0.4, -0.2) is 25.3 Å². The number of hydrogen-bond acceptors (Lipinski definition) is 2. The molecule has 18 heavy (non-hydrogen) atoms. The zero-order valence-electron chi connectivity index (χ0n) is 10.5. The molecule has 0 amide bonds. The van der Waals surface area contributed by atoms with Crippen molar-refractivity contribution in [3.8, 4) is 0 Å². The fourth-order valence-electron chi connectivity index (χ4n) is 2.23. The van der Waals surface area contributed by atoms with Crippen molar-refractivity contribution in [3.63, 3.8) is 0 Å². The predicted molar refractivity (Wildman–Crippen MR) is 71.2 cm³/mol. The van der Waals surface area contributed by atoms with E-state index in [2.05, 4.69) is 15.9 Å². The van der Waals surface area contributed by atoms with Crippen molar-refractivity contribution in [1.29, 1.82) is 0 Å². The number of morpholine rings is 1. The third kappa shape index (κ3) is 2.52. The SMILES string of the molecule is CC1(C)COCCN1c1c(F)cc(CBr)cc1F. The first-order chi connectivity index (χ1) is 8.45. The second-order valence-electron chi connectivity index (χ2n) is 5.06. The normalized spacial score (nSPS) is 19.1. The van der Waals surface area contributed by atoms with Crippen molar-refractivity contribution in [3.05, 3.63) is 29.3 Å². The molecule has 1 fully saturated rings. The Morgan fingerprint density at radius 2 is 1.94 bits per heavy atom. The van der Waals surface area contributed by atoms with Crippen LogP contribution in [0.5, 0.6) is 0 Å². The van der Waals surface area contributed by atoms with E-state index < -0.39 is 17.2 Å². The molecule has 0 atom stereocenters. The smallest absolute Gasteiger partial charge is 0.149 e. The van der Waals surface area contributed by atoms with E-state index in [0.717, 1.165) is 0 Å². The number of benzene rings is 1. The highest BCUT2D eigenvalue weighted by molar-refractivity contribution is 9.08. The first kappa shape index (κ1) is 13.7. The molecule has 0 unspecified atom stereocenters. The Bertz CT molecular complexity index is 428. The van der Waals surface area contributed by atoms with E-state index in [9.17, 15) is 8.78 Å². The van der Waals surface area contributed by atoms with E-state index in [4.69, 9.17) is 4.74 Å². The number of ether oxygens (including phenoxy) is 1. The molecular weight excluding hydrogens is 304 g/mol. The van der Waals surface area contributed by atoms with E-state index in [1.165, 1.54) is 12.1 Å². The van der Waals surface area contributed by atoms with Crippen LogP contribution in [0.25, 0.3) is 0 Å². The number of halogens is 3. The summed E-state index contributed by atoms with van der Waals surface area (Å²) < 4.78 is 33.5. The largest absolute Gasteiger partial charge is 0.377 e. The lowest BCUT2D eigenvalue weighted by atomic mass is 10.0. The minimum absolute atomic E-state index is 0.0491. The van der Waals surface area contributed by atoms with Crippen LogP contribution in [0.3, 0.4) is 0 Å². The highest BCUT2D eigenvalue weighted by Gasteiger charge is 2.34. The van der Waals surface area contributed by atoms with Crippen LogP contribution in [0.15, 0.2) is 12.1 Å². The van der Waals surface area contributed by atoms with Crippen molar-refractivity contribution in [2.45, 2.75) is 24.7 Å². The van der Waals surface area contributed by atoms with Gasteiger partial charge in [0.25, 0.3) is 0 Å². The molecule has 0 spiro atoms. The van der Waals surface area contributed by atoms with Gasteiger partial charge in [0.1, 0.15) is 17.3 Å². The molecule has 1 aliphatic heterocycles. The van der Waals surface area contributed by atoms with Crippen LogP contribution in [0.4, 0.5) is 14.5 Å². The fourth-order valence-corrected chi connectivity index (χ4v) is 2.55. The number of nitrogens with zero attached hydrogens (tertiary/aromatic N) is 1. The molecule has 0 aromatic heterocycles. The number of anilines is 1. The molecular formula is C13H16BrF2NO. The Morgan fingerprint density at radius 3 is 2.44 bits per heavy atom. The maximum absolute atomic E-state index is 14.1. The standard InChI is InChI=1S/C13H16BrF2NO/c1-13(2)8-18-4-3-17(13)12-10(15)5-9(7-14)6-11(12)16/h5-6H,3-4,7-8H2,1-2H3. The first-order valence-corrected chi connectivity index (χ1v) is 6.97. The number of hydrogen-bond donors (Lipinski definition) is 0. The predicted octanol–water partition coefficient (Wildman–Crippen LogP) is 3.47. The van der Waals surface area contributed by atoms with Crippen molar-refractivity contribution in [2.24, 2.45) is 0 Å². The average Bonchev–Trinajstić information content (AvgIpc) is 2.29. The summed E-state index contributed by atoms with van der Waals surface area (Å²) in [5, 5.41) is 0.438. The summed E-state index contributed by atoms with van der Waals surface area (Å²) in [6.07, 6.45) is 0. The molecule has 2 rings (SSSR count). The Kier molecular flexibility index (Phi) is 3.92. The van der Waals surface area contributed by atoms with Gasteiger partial charge in [0, 0.05) is 11.9 Å². The quantitative estimate of drug-likeness (QED) is 0.774. The van der Waals surface area contributed by atoms with Crippen LogP contribution in [0.2, 0.25) is 0 Å². The maximum atomic E-state index is 14.1. The molecule has 1 saturated heterocycles. The van der Waals surface area contributed by atoms with Gasteiger partial charge in [-0.2, -0.15) is 0 Å². The van der Waals surface area contributed by atoms with Crippen LogP contribution in [-0.2, 0) is 10.1 Å². The minimum atomic E-state index is -0.514. The number of alkyl halides is 1. The summed E-state index contributed by atoms with van der Waals surface area (Å²) in [5.41, 5.74) is 0.239. The van der Waals surface area contributed by atoms with Gasteiger partial charge in [0.15, 0.2) is 0 Å². The van der Waals surface area contributed by atoms with Crippen molar-refractivity contribution >= 4 is 21.6 Å². The van der Waals surface area contributed by atoms with Gasteiger partial charge in [-0.3, -0.25) is 0 Å². The molecule has 1 heterocycles. The van der Waals surface area contributed by atoms with E-state index in [1.807, 2.05) is 13.8 Å². The van der Waals surface area contributed by atoms with E-state index >= 15 is 0 Å². The topological polar surface area (TPSA) is 12.5 Å². The van der Waals surface area contributed by atoms with Gasteiger partial charge >= 0.3 is 0 Å². The van der Waals surface area contributed by atoms with Gasteiger partial charge < -0.3 is 9.64 Å². The van der Waals surface area contributed by atoms with E-state index in [-0.39, 0.29) is 5.69 Å². The Morgan fingerprint density at radius 1 is 1.33 bits per heavy atom. The molecule has 5 heteroatoms. The number of rotatable bonds is 2. The molecule has 0 bridgehead atoms. The zero-order chi connectivity index (χ0) is 13.3. The summed E-state index contributed by atoms with van der Waals surface area (Å²) in [5.74, 6) is -1.03. The Hall–Kier alpha value is -0.680. The molecule has 1 aromatic carbocycles. The van der Waals surface area contributed by atoms with Gasteiger partial charge in [-0.25, -0.2) is 8.78 Å². The molecule has 0 radical (unpaired) electrons. The summed E-state index contributed by atoms with van der Waals surface area (Å²) in [6, 6.07) is 2.75. The summed E-state index contributed by atoms with van der Waals surface area (Å²) in [7, 11) is 0. The molecule has 0 saturated carbocycles. The Balaban J connectivity index is 2.44. The van der Waals surface area contributed by atoms with Crippen LogP contribution in [0, 0.1) is 11.6 Å². The average molecular weight is 320 g/mol. The fraction of sp³-hybridized carbons (Fsp3) is 0.538. The highest BCUT2D eigenvalue weighted by atomic mass is 79.9. The van der Waals surface area contributed by atoms with Crippen LogP contribution in [0.1, 0.15) is 19.4 Å². The molecule has 1 aliphatic rings. The molecule has 2 nitrogen and oxygen atoms in total. The van der Waals surface area contributed by atoms with Crippen LogP contribution >= 0.6 is 15.9 Å². The van der Waals surface area contributed by atoms with Gasteiger partial charge in [-0.05, 0) is 31.5 Å². The minimum Gasteiger partial charge on any atom is -0.377 e. The maximum Gasteiger partial charge on any atom is 0.149 e. The third-order valence-electron chi connectivity index (χ3n) is 3.15. The van der Waals surface area contributed by atoms with Crippen molar-refractivity contribution in [2.75, 3.05) is 24.7 Å². The summed E-state index contributed by atoms with van der Waals surface area (Å²) in [4.78, 5) is 1.75. The molecule has 0 aliphatic carbocycles. The highest BCUT2D eigenvalue weighted by Crippen LogP contribution is 2.32. The van der Waals surface area contributed by atoms with Crippen molar-refractivity contribution in [1.82, 2.24) is 0 Å². The monoisotopic (exact) mass is 319 g/mol. The van der Waals surface area contributed by atoms with Gasteiger partial charge in [0.05, 0.1) is 18.8 Å². The van der Waals surface area contributed by atoms with Gasteiger partial charge in [-0.15, -0.1) is 0 Å². The Labute approximate surface area is 114 Å². The summed E-state index contributed by atoms with van der Waals surface area (Å²) >= 11 is 3.20. The lowest BCUT2D eigenvalue weighted by Crippen LogP contribution is -2.53. The van der Waals surface area contributed by atoms with E-state index in [1.54, 1.807) is 4.90 Å². The lowest BCUT2D eigenvalue weighted by molar-refractivity contribution is 0.0635. The second kappa shape index (κ2) is 5.13. The van der Waals surface area contributed by atoms with Crippen LogP contribution < -0.4 is 4.90 Å². The zero-order valence-corrected chi connectivity index (χ0v) is 12.1. The molecule has 1 aromatic rings. The van der Waals surface area contributed by atoms with Crippen molar-refractivity contribution < 1.29 is 13.5 Å².